The number of carbonyl (C=O) groups is 1. The second-order valence-corrected chi connectivity index (χ2v) is 8.69. The smallest absolute Gasteiger partial charge is 0.315 e. The van der Waals surface area contributed by atoms with Crippen LogP contribution in [0.15, 0.2) is 18.5 Å². The van der Waals surface area contributed by atoms with Crippen LogP contribution in [0.5, 0.6) is 0 Å². The molecule has 0 radical (unpaired) electrons. The molecule has 28 heavy (non-hydrogen) atoms. The van der Waals surface area contributed by atoms with E-state index in [0.717, 1.165) is 50.9 Å². The van der Waals surface area contributed by atoms with Crippen molar-refractivity contribution in [2.24, 2.45) is 11.8 Å². The summed E-state index contributed by atoms with van der Waals surface area (Å²) in [5.74, 6) is 2.14. The molecule has 2 fully saturated rings. The van der Waals surface area contributed by atoms with Gasteiger partial charge in [0.25, 0.3) is 0 Å². The van der Waals surface area contributed by atoms with E-state index in [4.69, 9.17) is 0 Å². The third-order valence-corrected chi connectivity index (χ3v) is 6.19. The van der Waals surface area contributed by atoms with E-state index in [9.17, 15) is 4.79 Å². The first-order chi connectivity index (χ1) is 13.5. The molecule has 2 amide bonds. The predicted octanol–water partition coefficient (Wildman–Crippen LogP) is 2.50. The van der Waals surface area contributed by atoms with E-state index in [1.54, 1.807) is 12.4 Å². The van der Waals surface area contributed by atoms with Crippen molar-refractivity contribution in [2.45, 2.75) is 58.5 Å². The van der Waals surface area contributed by atoms with Crippen LogP contribution >= 0.6 is 0 Å². The van der Waals surface area contributed by atoms with Crippen LogP contribution in [-0.4, -0.2) is 65.7 Å². The van der Waals surface area contributed by atoms with Crippen molar-refractivity contribution >= 4 is 12.0 Å². The van der Waals surface area contributed by atoms with E-state index < -0.39 is 0 Å². The molecule has 7 nitrogen and oxygen atoms in total. The molecule has 7 heteroatoms. The number of aromatic nitrogens is 2. The van der Waals surface area contributed by atoms with Gasteiger partial charge < -0.3 is 15.5 Å². The molecular formula is C21H36N6O. The van der Waals surface area contributed by atoms with E-state index in [2.05, 4.69) is 51.2 Å². The lowest BCUT2D eigenvalue weighted by atomic mass is 9.94. The van der Waals surface area contributed by atoms with Crippen molar-refractivity contribution in [1.82, 2.24) is 25.5 Å². The summed E-state index contributed by atoms with van der Waals surface area (Å²) in [5, 5.41) is 6.29. The van der Waals surface area contributed by atoms with Crippen LogP contribution < -0.4 is 15.5 Å². The van der Waals surface area contributed by atoms with Crippen molar-refractivity contribution < 1.29 is 4.79 Å². The standard InChI is InChI=1S/C21H36N6O/c1-16(2)19(26-11-5-17(3)6-12-26)15-24-21(28)25-18-7-13-27(14-8-18)20-22-9-4-10-23-20/h4,9-10,16-19H,5-8,11-15H2,1-3H3,(H2,24,25,28). The topological polar surface area (TPSA) is 73.4 Å². The highest BCUT2D eigenvalue weighted by Gasteiger charge is 2.27. The monoisotopic (exact) mass is 388 g/mol. The van der Waals surface area contributed by atoms with Gasteiger partial charge in [-0.25, -0.2) is 14.8 Å². The van der Waals surface area contributed by atoms with Gasteiger partial charge in [0, 0.05) is 44.1 Å². The van der Waals surface area contributed by atoms with E-state index >= 15 is 0 Å². The van der Waals surface area contributed by atoms with Crippen molar-refractivity contribution in [3.05, 3.63) is 18.5 Å². The third-order valence-electron chi connectivity index (χ3n) is 6.19. The Morgan fingerprint density at radius 1 is 1.11 bits per heavy atom. The van der Waals surface area contributed by atoms with E-state index in [0.29, 0.717) is 18.5 Å². The number of hydrogen-bond acceptors (Lipinski definition) is 5. The molecule has 0 bridgehead atoms. The summed E-state index contributed by atoms with van der Waals surface area (Å²) in [6, 6.07) is 2.42. The minimum Gasteiger partial charge on any atom is -0.341 e. The van der Waals surface area contributed by atoms with Gasteiger partial charge in [-0.3, -0.25) is 4.90 Å². The third kappa shape index (κ3) is 5.80. The van der Waals surface area contributed by atoms with Crippen LogP contribution in [0.3, 0.4) is 0 Å². The highest BCUT2D eigenvalue weighted by molar-refractivity contribution is 5.74. The summed E-state index contributed by atoms with van der Waals surface area (Å²) in [6.07, 6.45) is 7.91. The van der Waals surface area contributed by atoms with Crippen LogP contribution in [-0.2, 0) is 0 Å². The largest absolute Gasteiger partial charge is 0.341 e. The molecule has 0 aromatic carbocycles. The molecule has 1 unspecified atom stereocenters. The molecule has 2 aliphatic heterocycles. The molecule has 3 heterocycles. The Hall–Kier alpha value is -1.89. The molecule has 156 valence electrons. The Morgan fingerprint density at radius 3 is 2.36 bits per heavy atom. The minimum absolute atomic E-state index is 0.0366. The number of hydrogen-bond donors (Lipinski definition) is 2. The quantitative estimate of drug-likeness (QED) is 0.783. The Kier molecular flexibility index (Phi) is 7.48. The van der Waals surface area contributed by atoms with Crippen molar-refractivity contribution in [2.75, 3.05) is 37.6 Å². The number of urea groups is 1. The second-order valence-electron chi connectivity index (χ2n) is 8.69. The highest BCUT2D eigenvalue weighted by Crippen LogP contribution is 2.21. The fourth-order valence-electron chi connectivity index (χ4n) is 4.26. The number of anilines is 1. The number of likely N-dealkylation sites (tertiary alicyclic amines) is 1. The van der Waals surface area contributed by atoms with E-state index in [1.807, 2.05) is 6.07 Å². The number of nitrogens with zero attached hydrogens (tertiary/aromatic N) is 4. The molecule has 3 rings (SSSR count). The molecule has 1 aromatic heterocycles. The first-order valence-electron chi connectivity index (χ1n) is 10.8. The van der Waals surface area contributed by atoms with Crippen LogP contribution in [0.25, 0.3) is 0 Å². The van der Waals surface area contributed by atoms with Crippen molar-refractivity contribution in [1.29, 1.82) is 0 Å². The van der Waals surface area contributed by atoms with E-state index in [1.165, 1.54) is 12.8 Å². The number of rotatable bonds is 6. The van der Waals surface area contributed by atoms with Gasteiger partial charge in [-0.2, -0.15) is 0 Å². The summed E-state index contributed by atoms with van der Waals surface area (Å²) in [5.41, 5.74) is 0. The van der Waals surface area contributed by atoms with Gasteiger partial charge >= 0.3 is 6.03 Å². The fourth-order valence-corrected chi connectivity index (χ4v) is 4.26. The second kappa shape index (κ2) is 10.0. The number of carbonyl (C=O) groups excluding carboxylic acids is 1. The van der Waals surface area contributed by atoms with Crippen LogP contribution in [0.1, 0.15) is 46.5 Å². The van der Waals surface area contributed by atoms with Crippen LogP contribution in [0, 0.1) is 11.8 Å². The van der Waals surface area contributed by atoms with Gasteiger partial charge in [0.2, 0.25) is 5.95 Å². The van der Waals surface area contributed by atoms with Gasteiger partial charge in [0.15, 0.2) is 0 Å². The lowest BCUT2D eigenvalue weighted by Crippen LogP contribution is -2.53. The molecule has 0 spiro atoms. The zero-order valence-electron chi connectivity index (χ0n) is 17.6. The first kappa shape index (κ1) is 20.8. The van der Waals surface area contributed by atoms with Crippen molar-refractivity contribution in [3.63, 3.8) is 0 Å². The fraction of sp³-hybridized carbons (Fsp3) is 0.762. The molecule has 0 aliphatic carbocycles. The zero-order chi connectivity index (χ0) is 19.9. The maximum Gasteiger partial charge on any atom is 0.315 e. The average Bonchev–Trinajstić information content (AvgIpc) is 2.70. The van der Waals surface area contributed by atoms with Gasteiger partial charge in [-0.15, -0.1) is 0 Å². The summed E-state index contributed by atoms with van der Waals surface area (Å²) in [6.45, 7) is 11.6. The Labute approximate surface area is 169 Å². The average molecular weight is 389 g/mol. The van der Waals surface area contributed by atoms with Gasteiger partial charge in [-0.1, -0.05) is 20.8 Å². The van der Waals surface area contributed by atoms with Crippen molar-refractivity contribution in [3.8, 4) is 0 Å². The predicted molar refractivity (Wildman–Crippen MR) is 112 cm³/mol. The molecule has 2 N–H and O–H groups in total. The normalized spacial score (nSPS) is 20.9. The summed E-state index contributed by atoms with van der Waals surface area (Å²) < 4.78 is 0. The SMILES string of the molecule is CC1CCN(C(CNC(=O)NC2CCN(c3ncccn3)CC2)C(C)C)CC1. The van der Waals surface area contributed by atoms with Gasteiger partial charge in [0.1, 0.15) is 0 Å². The molecule has 1 aromatic rings. The Balaban J connectivity index is 1.40. The van der Waals surface area contributed by atoms with Gasteiger partial charge in [0.05, 0.1) is 0 Å². The summed E-state index contributed by atoms with van der Waals surface area (Å²) in [7, 11) is 0. The number of piperidine rings is 2. The van der Waals surface area contributed by atoms with E-state index in [-0.39, 0.29) is 12.1 Å². The lowest BCUT2D eigenvalue weighted by Gasteiger charge is -2.39. The maximum atomic E-state index is 12.4. The first-order valence-corrected chi connectivity index (χ1v) is 10.8. The van der Waals surface area contributed by atoms with Gasteiger partial charge in [-0.05, 0) is 56.7 Å². The van der Waals surface area contributed by atoms with Crippen LogP contribution in [0.2, 0.25) is 0 Å². The minimum atomic E-state index is -0.0366. The van der Waals surface area contributed by atoms with Crippen LogP contribution in [0.4, 0.5) is 10.7 Å². The summed E-state index contributed by atoms with van der Waals surface area (Å²) >= 11 is 0. The molecule has 2 aliphatic rings. The maximum absolute atomic E-state index is 12.4. The Bertz CT molecular complexity index is 594. The summed E-state index contributed by atoms with van der Waals surface area (Å²) in [4.78, 5) is 25.8. The lowest BCUT2D eigenvalue weighted by molar-refractivity contribution is 0.108. The molecule has 2 saturated heterocycles. The molecular weight excluding hydrogens is 352 g/mol. The number of nitrogens with one attached hydrogen (secondary N) is 2. The molecule has 0 saturated carbocycles. The highest BCUT2D eigenvalue weighted by atomic mass is 16.2. The Morgan fingerprint density at radius 2 is 1.75 bits per heavy atom. The zero-order valence-corrected chi connectivity index (χ0v) is 17.6. The number of amides is 2. The molecule has 1 atom stereocenters.